The van der Waals surface area contributed by atoms with Crippen LogP contribution in [-0.2, 0) is 0 Å². The first-order chi connectivity index (χ1) is 9.65. The second-order valence-electron chi connectivity index (χ2n) is 4.07. The molecule has 1 aromatic heterocycles. The van der Waals surface area contributed by atoms with Gasteiger partial charge in [-0.3, -0.25) is 4.79 Å². The van der Waals surface area contributed by atoms with Gasteiger partial charge in [0, 0.05) is 18.9 Å². The van der Waals surface area contributed by atoms with Crippen LogP contribution >= 0.6 is 0 Å². The van der Waals surface area contributed by atoms with Crippen molar-refractivity contribution >= 4 is 11.6 Å². The summed E-state index contributed by atoms with van der Waals surface area (Å²) in [6.07, 6.45) is 1.35. The van der Waals surface area contributed by atoms with E-state index in [2.05, 4.69) is 4.98 Å². The van der Waals surface area contributed by atoms with Gasteiger partial charge in [0.2, 0.25) is 0 Å². The highest BCUT2D eigenvalue weighted by molar-refractivity contribution is 6.04. The Morgan fingerprint density at radius 2 is 1.90 bits per heavy atom. The highest BCUT2D eigenvalue weighted by Crippen LogP contribution is 2.16. The molecule has 1 heterocycles. The topological polar surface area (TPSA) is 80.8 Å². The summed E-state index contributed by atoms with van der Waals surface area (Å²) in [5, 5.41) is 17.6. The number of nitriles is 2. The molecule has 0 aliphatic heterocycles. The Hall–Kier alpha value is -3.18. The molecular weight excluding hydrogens is 252 g/mol. The van der Waals surface area contributed by atoms with Gasteiger partial charge >= 0.3 is 0 Å². The monoisotopic (exact) mass is 262 g/mol. The fourth-order valence-electron chi connectivity index (χ4n) is 1.66. The maximum absolute atomic E-state index is 12.2. The average Bonchev–Trinajstić information content (AvgIpc) is 2.53. The summed E-state index contributed by atoms with van der Waals surface area (Å²) in [6, 6.07) is 13.8. The number of aromatic nitrogens is 1. The molecule has 5 heteroatoms. The summed E-state index contributed by atoms with van der Waals surface area (Å²) in [7, 11) is 1.61. The zero-order chi connectivity index (χ0) is 14.5. The van der Waals surface area contributed by atoms with Crippen molar-refractivity contribution < 1.29 is 4.79 Å². The van der Waals surface area contributed by atoms with Gasteiger partial charge in [-0.2, -0.15) is 10.5 Å². The second-order valence-corrected chi connectivity index (χ2v) is 4.07. The standard InChI is InChI=1S/C15H10N4O/c1-19(13-4-2-3-11(7-13)8-16)15(20)14-6-5-12(9-17)10-18-14/h2-7,10H,1H3. The summed E-state index contributed by atoms with van der Waals surface area (Å²) < 4.78 is 0. The van der Waals surface area contributed by atoms with Gasteiger partial charge in [-0.25, -0.2) is 4.98 Å². The Kier molecular flexibility index (Phi) is 3.74. The van der Waals surface area contributed by atoms with Crippen molar-refractivity contribution in [2.45, 2.75) is 0 Å². The Morgan fingerprint density at radius 1 is 1.15 bits per heavy atom. The number of nitrogens with zero attached hydrogens (tertiary/aromatic N) is 4. The van der Waals surface area contributed by atoms with Gasteiger partial charge in [0.15, 0.2) is 0 Å². The van der Waals surface area contributed by atoms with E-state index < -0.39 is 0 Å². The van der Waals surface area contributed by atoms with Crippen LogP contribution in [0.2, 0.25) is 0 Å². The molecule has 96 valence electrons. The molecule has 1 aromatic carbocycles. The molecule has 0 bridgehead atoms. The van der Waals surface area contributed by atoms with E-state index in [9.17, 15) is 4.79 Å². The zero-order valence-corrected chi connectivity index (χ0v) is 10.7. The predicted octanol–water partition coefficient (Wildman–Crippen LogP) is 2.10. The molecule has 0 N–H and O–H groups in total. The SMILES string of the molecule is CN(C(=O)c1ccc(C#N)cn1)c1cccc(C#N)c1. The van der Waals surface area contributed by atoms with E-state index in [1.807, 2.05) is 12.1 Å². The summed E-state index contributed by atoms with van der Waals surface area (Å²) >= 11 is 0. The van der Waals surface area contributed by atoms with Crippen LogP contribution in [0.1, 0.15) is 21.6 Å². The van der Waals surface area contributed by atoms with Crippen LogP contribution in [0.15, 0.2) is 42.6 Å². The molecule has 0 fully saturated rings. The number of rotatable bonds is 2. The van der Waals surface area contributed by atoms with Crippen molar-refractivity contribution in [3.63, 3.8) is 0 Å². The van der Waals surface area contributed by atoms with Crippen LogP contribution in [0.5, 0.6) is 0 Å². The maximum Gasteiger partial charge on any atom is 0.276 e. The van der Waals surface area contributed by atoms with Gasteiger partial charge < -0.3 is 4.90 Å². The summed E-state index contributed by atoms with van der Waals surface area (Å²) in [4.78, 5) is 17.6. The van der Waals surface area contributed by atoms with Crippen molar-refractivity contribution in [3.8, 4) is 12.1 Å². The van der Waals surface area contributed by atoms with E-state index in [0.717, 1.165) is 0 Å². The summed E-state index contributed by atoms with van der Waals surface area (Å²) in [6.45, 7) is 0. The highest BCUT2D eigenvalue weighted by Gasteiger charge is 2.15. The molecule has 0 aliphatic rings. The molecule has 2 aromatic rings. The lowest BCUT2D eigenvalue weighted by molar-refractivity contribution is 0.0988. The Balaban J connectivity index is 2.28. The second kappa shape index (κ2) is 5.64. The van der Waals surface area contributed by atoms with Gasteiger partial charge in [0.25, 0.3) is 5.91 Å². The fourth-order valence-corrected chi connectivity index (χ4v) is 1.66. The molecular formula is C15H10N4O. The van der Waals surface area contributed by atoms with Gasteiger partial charge in [0.1, 0.15) is 11.8 Å². The Morgan fingerprint density at radius 3 is 2.50 bits per heavy atom. The number of carbonyl (C=O) groups is 1. The minimum Gasteiger partial charge on any atom is -0.310 e. The number of benzene rings is 1. The third kappa shape index (κ3) is 2.63. The van der Waals surface area contributed by atoms with Crippen LogP contribution in [0.25, 0.3) is 0 Å². The molecule has 0 aliphatic carbocycles. The molecule has 0 atom stereocenters. The van der Waals surface area contributed by atoms with Crippen LogP contribution in [0.3, 0.4) is 0 Å². The van der Waals surface area contributed by atoms with Crippen LogP contribution < -0.4 is 4.90 Å². The molecule has 20 heavy (non-hydrogen) atoms. The molecule has 0 unspecified atom stereocenters. The lowest BCUT2D eigenvalue weighted by Crippen LogP contribution is -2.27. The number of pyridine rings is 1. The summed E-state index contributed by atoms with van der Waals surface area (Å²) in [5.41, 5.74) is 1.74. The summed E-state index contributed by atoms with van der Waals surface area (Å²) in [5.74, 6) is -0.301. The predicted molar refractivity (Wildman–Crippen MR) is 72.8 cm³/mol. The first kappa shape index (κ1) is 13.3. The molecule has 0 spiro atoms. The number of anilines is 1. The smallest absolute Gasteiger partial charge is 0.276 e. The van der Waals surface area contributed by atoms with Gasteiger partial charge in [-0.05, 0) is 30.3 Å². The van der Waals surface area contributed by atoms with Gasteiger partial charge in [-0.1, -0.05) is 6.07 Å². The van der Waals surface area contributed by atoms with Crippen LogP contribution in [0.4, 0.5) is 5.69 Å². The van der Waals surface area contributed by atoms with Crippen molar-refractivity contribution in [1.82, 2.24) is 4.98 Å². The van der Waals surface area contributed by atoms with E-state index in [1.165, 1.54) is 17.2 Å². The zero-order valence-electron chi connectivity index (χ0n) is 10.7. The molecule has 1 amide bonds. The Bertz CT molecular complexity index is 723. The molecule has 2 rings (SSSR count). The number of amides is 1. The first-order valence-corrected chi connectivity index (χ1v) is 5.80. The van der Waals surface area contributed by atoms with E-state index in [-0.39, 0.29) is 11.6 Å². The van der Waals surface area contributed by atoms with Crippen LogP contribution in [0, 0.1) is 22.7 Å². The minimum atomic E-state index is -0.301. The van der Waals surface area contributed by atoms with Crippen molar-refractivity contribution in [3.05, 3.63) is 59.4 Å². The highest BCUT2D eigenvalue weighted by atomic mass is 16.2. The van der Waals surface area contributed by atoms with Gasteiger partial charge in [-0.15, -0.1) is 0 Å². The van der Waals surface area contributed by atoms with Crippen molar-refractivity contribution in [2.75, 3.05) is 11.9 Å². The van der Waals surface area contributed by atoms with E-state index >= 15 is 0 Å². The average molecular weight is 262 g/mol. The van der Waals surface area contributed by atoms with Gasteiger partial charge in [0.05, 0.1) is 17.2 Å². The third-order valence-electron chi connectivity index (χ3n) is 2.78. The number of hydrogen-bond acceptors (Lipinski definition) is 4. The lowest BCUT2D eigenvalue weighted by atomic mass is 10.2. The Labute approximate surface area is 116 Å². The van der Waals surface area contributed by atoms with E-state index in [1.54, 1.807) is 37.4 Å². The normalized spacial score (nSPS) is 9.35. The fraction of sp³-hybridized carbons (Fsp3) is 0.0667. The molecule has 5 nitrogen and oxygen atoms in total. The van der Waals surface area contributed by atoms with Crippen molar-refractivity contribution in [1.29, 1.82) is 10.5 Å². The van der Waals surface area contributed by atoms with E-state index in [0.29, 0.717) is 16.8 Å². The quantitative estimate of drug-likeness (QED) is 0.830. The van der Waals surface area contributed by atoms with Crippen LogP contribution in [-0.4, -0.2) is 17.9 Å². The third-order valence-corrected chi connectivity index (χ3v) is 2.78. The largest absolute Gasteiger partial charge is 0.310 e. The number of carbonyl (C=O) groups excluding carboxylic acids is 1. The molecule has 0 saturated heterocycles. The van der Waals surface area contributed by atoms with Crippen molar-refractivity contribution in [2.24, 2.45) is 0 Å². The minimum absolute atomic E-state index is 0.244. The molecule has 0 saturated carbocycles. The maximum atomic E-state index is 12.2. The molecule has 0 radical (unpaired) electrons. The van der Waals surface area contributed by atoms with E-state index in [4.69, 9.17) is 10.5 Å². The first-order valence-electron chi connectivity index (χ1n) is 5.80. The lowest BCUT2D eigenvalue weighted by Gasteiger charge is -2.16. The number of hydrogen-bond donors (Lipinski definition) is 0.